The van der Waals surface area contributed by atoms with Crippen LogP contribution in [-0.4, -0.2) is 36.8 Å². The van der Waals surface area contributed by atoms with Crippen molar-refractivity contribution in [1.82, 2.24) is 10.6 Å². The Kier molecular flexibility index (Phi) is 5.60. The van der Waals surface area contributed by atoms with Crippen molar-refractivity contribution in [2.75, 3.05) is 13.1 Å². The molecular formula is C17H24N2O4. The van der Waals surface area contributed by atoms with Crippen molar-refractivity contribution in [1.29, 1.82) is 0 Å². The maximum absolute atomic E-state index is 12.1. The molecule has 1 aromatic carbocycles. The molecule has 1 aliphatic rings. The van der Waals surface area contributed by atoms with E-state index in [0.29, 0.717) is 13.1 Å². The fourth-order valence-corrected chi connectivity index (χ4v) is 2.22. The van der Waals surface area contributed by atoms with E-state index in [0.717, 1.165) is 5.56 Å². The minimum atomic E-state index is -0.532. The Bertz CT molecular complexity index is 539. The summed E-state index contributed by atoms with van der Waals surface area (Å²) < 4.78 is 10.5. The Morgan fingerprint density at radius 2 is 1.96 bits per heavy atom. The van der Waals surface area contributed by atoms with Crippen molar-refractivity contribution >= 4 is 12.1 Å². The first-order valence-corrected chi connectivity index (χ1v) is 7.76. The van der Waals surface area contributed by atoms with Crippen molar-refractivity contribution in [2.45, 2.75) is 39.0 Å². The number of benzene rings is 1. The van der Waals surface area contributed by atoms with E-state index in [-0.39, 0.29) is 24.5 Å². The molecule has 126 valence electrons. The van der Waals surface area contributed by atoms with Crippen LogP contribution >= 0.6 is 0 Å². The van der Waals surface area contributed by atoms with Crippen LogP contribution in [0.1, 0.15) is 26.3 Å². The molecule has 2 N–H and O–H groups in total. The van der Waals surface area contributed by atoms with Crippen LogP contribution in [0.4, 0.5) is 4.79 Å². The molecule has 0 radical (unpaired) electrons. The number of nitrogens with one attached hydrogen (secondary N) is 2. The minimum Gasteiger partial charge on any atom is -0.460 e. The normalized spacial score (nSPS) is 20.3. The van der Waals surface area contributed by atoms with E-state index in [1.807, 2.05) is 30.3 Å². The predicted molar refractivity (Wildman–Crippen MR) is 85.8 cm³/mol. The third-order valence-electron chi connectivity index (χ3n) is 3.46. The predicted octanol–water partition coefficient (Wildman–Crippen LogP) is 1.84. The molecule has 2 rings (SSSR count). The molecular weight excluding hydrogens is 296 g/mol. The molecule has 6 nitrogen and oxygen atoms in total. The molecule has 1 heterocycles. The molecule has 2 unspecified atom stereocenters. The van der Waals surface area contributed by atoms with Gasteiger partial charge in [-0.15, -0.1) is 0 Å². The topological polar surface area (TPSA) is 76.7 Å². The molecule has 0 saturated carbocycles. The van der Waals surface area contributed by atoms with Crippen LogP contribution in [0.25, 0.3) is 0 Å². The highest BCUT2D eigenvalue weighted by molar-refractivity contribution is 5.77. The zero-order valence-corrected chi connectivity index (χ0v) is 13.8. The lowest BCUT2D eigenvalue weighted by molar-refractivity contribution is -0.151. The number of ether oxygens (including phenoxy) is 2. The second kappa shape index (κ2) is 7.46. The van der Waals surface area contributed by atoms with Crippen LogP contribution < -0.4 is 10.6 Å². The molecule has 1 aliphatic heterocycles. The van der Waals surface area contributed by atoms with Crippen LogP contribution in [-0.2, 0) is 20.9 Å². The fourth-order valence-electron chi connectivity index (χ4n) is 2.22. The van der Waals surface area contributed by atoms with Gasteiger partial charge in [0, 0.05) is 19.0 Å². The molecule has 1 amide bonds. The van der Waals surface area contributed by atoms with Crippen LogP contribution in [0.2, 0.25) is 0 Å². The summed E-state index contributed by atoms with van der Waals surface area (Å²) in [6.45, 7) is 6.72. The van der Waals surface area contributed by atoms with Crippen molar-refractivity contribution in [2.24, 2.45) is 5.92 Å². The van der Waals surface area contributed by atoms with Crippen molar-refractivity contribution in [3.63, 3.8) is 0 Å². The summed E-state index contributed by atoms with van der Waals surface area (Å²) >= 11 is 0. The molecule has 1 fully saturated rings. The third kappa shape index (κ3) is 5.56. The largest absolute Gasteiger partial charge is 0.460 e. The zero-order valence-electron chi connectivity index (χ0n) is 13.8. The number of carbonyl (C=O) groups is 2. The highest BCUT2D eigenvalue weighted by Crippen LogP contribution is 2.15. The number of rotatable bonds is 5. The molecule has 1 saturated heterocycles. The number of esters is 1. The Labute approximate surface area is 136 Å². The summed E-state index contributed by atoms with van der Waals surface area (Å²) in [5.41, 5.74) is 0.416. The molecule has 1 aromatic rings. The van der Waals surface area contributed by atoms with Crippen molar-refractivity contribution in [3.05, 3.63) is 35.9 Å². The van der Waals surface area contributed by atoms with Gasteiger partial charge in [-0.2, -0.15) is 0 Å². The Balaban J connectivity index is 1.72. The first kappa shape index (κ1) is 17.3. The number of hydrogen-bond acceptors (Lipinski definition) is 5. The molecule has 0 aliphatic carbocycles. The van der Waals surface area contributed by atoms with Gasteiger partial charge >= 0.3 is 12.1 Å². The summed E-state index contributed by atoms with van der Waals surface area (Å²) in [7, 11) is 0. The maximum atomic E-state index is 12.1. The van der Waals surface area contributed by atoms with Gasteiger partial charge in [-0.3, -0.25) is 4.79 Å². The summed E-state index contributed by atoms with van der Waals surface area (Å²) in [6.07, 6.45) is -0.471. The second-order valence-corrected chi connectivity index (χ2v) is 6.62. The smallest absolute Gasteiger partial charge is 0.407 e. The monoisotopic (exact) mass is 320 g/mol. The average Bonchev–Trinajstić information content (AvgIpc) is 2.43. The van der Waals surface area contributed by atoms with E-state index in [9.17, 15) is 9.59 Å². The van der Waals surface area contributed by atoms with Gasteiger partial charge in [0.05, 0.1) is 0 Å². The van der Waals surface area contributed by atoms with E-state index in [1.54, 1.807) is 20.8 Å². The van der Waals surface area contributed by atoms with Gasteiger partial charge in [0.2, 0.25) is 0 Å². The summed E-state index contributed by atoms with van der Waals surface area (Å²) in [6, 6.07) is 9.15. The van der Waals surface area contributed by atoms with Gasteiger partial charge in [0.1, 0.15) is 18.2 Å². The van der Waals surface area contributed by atoms with E-state index in [4.69, 9.17) is 9.47 Å². The van der Waals surface area contributed by atoms with Crippen molar-refractivity contribution < 1.29 is 19.1 Å². The van der Waals surface area contributed by atoms with Crippen LogP contribution in [0.3, 0.4) is 0 Å². The quantitative estimate of drug-likeness (QED) is 0.810. The fraction of sp³-hybridized carbons (Fsp3) is 0.529. The standard InChI is InChI=1S/C17H24N2O4/c1-17(2,3)23-16(21)19-10-13-9-18-14(13)15(20)22-11-12-7-5-4-6-8-12/h4-8,13-14,18H,9-11H2,1-3H3,(H,19,21). The van der Waals surface area contributed by atoms with Gasteiger partial charge in [0.15, 0.2) is 0 Å². The lowest BCUT2D eigenvalue weighted by Crippen LogP contribution is -2.61. The van der Waals surface area contributed by atoms with E-state index < -0.39 is 11.7 Å². The Morgan fingerprint density at radius 3 is 2.52 bits per heavy atom. The van der Waals surface area contributed by atoms with Gasteiger partial charge < -0.3 is 20.1 Å². The van der Waals surface area contributed by atoms with Crippen LogP contribution in [0.5, 0.6) is 0 Å². The number of alkyl carbamates (subject to hydrolysis) is 1. The van der Waals surface area contributed by atoms with Crippen LogP contribution in [0, 0.1) is 5.92 Å². The molecule has 0 aromatic heterocycles. The first-order chi connectivity index (χ1) is 10.8. The third-order valence-corrected chi connectivity index (χ3v) is 3.46. The van der Waals surface area contributed by atoms with E-state index in [1.165, 1.54) is 0 Å². The number of amides is 1. The number of hydrogen-bond donors (Lipinski definition) is 2. The SMILES string of the molecule is CC(C)(C)OC(=O)NCC1CNC1C(=O)OCc1ccccc1. The lowest BCUT2D eigenvalue weighted by atomic mass is 9.92. The maximum Gasteiger partial charge on any atom is 0.407 e. The number of carbonyl (C=O) groups excluding carboxylic acids is 2. The van der Waals surface area contributed by atoms with Gasteiger partial charge in [-0.1, -0.05) is 30.3 Å². The molecule has 2 atom stereocenters. The van der Waals surface area contributed by atoms with Crippen molar-refractivity contribution in [3.8, 4) is 0 Å². The molecule has 0 bridgehead atoms. The highest BCUT2D eigenvalue weighted by Gasteiger charge is 2.37. The minimum absolute atomic E-state index is 0.0193. The highest BCUT2D eigenvalue weighted by atomic mass is 16.6. The van der Waals surface area contributed by atoms with E-state index >= 15 is 0 Å². The van der Waals surface area contributed by atoms with Gasteiger partial charge in [0.25, 0.3) is 0 Å². The average molecular weight is 320 g/mol. The molecule has 6 heteroatoms. The Hall–Kier alpha value is -2.08. The first-order valence-electron chi connectivity index (χ1n) is 7.76. The summed E-state index contributed by atoms with van der Waals surface area (Å²) in [5.74, 6) is -0.276. The van der Waals surface area contributed by atoms with Gasteiger partial charge in [-0.05, 0) is 26.3 Å². The van der Waals surface area contributed by atoms with Crippen LogP contribution in [0.15, 0.2) is 30.3 Å². The second-order valence-electron chi connectivity index (χ2n) is 6.62. The lowest BCUT2D eigenvalue weighted by Gasteiger charge is -2.36. The molecule has 0 spiro atoms. The van der Waals surface area contributed by atoms with Gasteiger partial charge in [-0.25, -0.2) is 4.79 Å². The van der Waals surface area contributed by atoms with E-state index in [2.05, 4.69) is 10.6 Å². The molecule has 23 heavy (non-hydrogen) atoms. The summed E-state index contributed by atoms with van der Waals surface area (Å²) in [5, 5.41) is 5.73. The Morgan fingerprint density at radius 1 is 1.26 bits per heavy atom. The summed E-state index contributed by atoms with van der Waals surface area (Å²) in [4.78, 5) is 23.7. The zero-order chi connectivity index (χ0) is 16.9.